The quantitative estimate of drug-likeness (QED) is 0.681. The monoisotopic (exact) mass is 417 g/mol. The number of nitrogens with one attached hydrogen (secondary N) is 2. The van der Waals surface area contributed by atoms with Crippen LogP contribution in [0.2, 0.25) is 0 Å². The van der Waals surface area contributed by atoms with E-state index in [1.54, 1.807) is 24.3 Å². The number of aliphatic carboxylic acids is 2. The van der Waals surface area contributed by atoms with Crippen molar-refractivity contribution in [3.8, 4) is 11.5 Å². The maximum atomic E-state index is 10.2. The third-order valence-corrected chi connectivity index (χ3v) is 3.32. The maximum absolute atomic E-state index is 10.2. The zero-order chi connectivity index (χ0) is 19.7. The van der Waals surface area contributed by atoms with Gasteiger partial charge in [-0.1, -0.05) is 36.3 Å². The van der Waals surface area contributed by atoms with Gasteiger partial charge in [0.15, 0.2) is 0 Å². The summed E-state index contributed by atoms with van der Waals surface area (Å²) >= 11 is 0. The van der Waals surface area contributed by atoms with E-state index in [0.29, 0.717) is 11.1 Å². The Morgan fingerprint density at radius 3 is 1.22 bits per heavy atom. The molecule has 2 atom stereocenters. The topological polar surface area (TPSA) is 168 Å². The van der Waals surface area contributed by atoms with Crippen molar-refractivity contribution in [3.63, 3.8) is 0 Å². The van der Waals surface area contributed by atoms with Gasteiger partial charge in [0, 0.05) is 11.9 Å². The molecule has 0 aromatic heterocycles. The Labute approximate surface area is 166 Å². The first-order valence-corrected chi connectivity index (χ1v) is 7.58. The number of hydrogen-bond acceptors (Lipinski definition) is 6. The minimum atomic E-state index is -1.38. The maximum Gasteiger partial charge on any atom is 2.00 e. The van der Waals surface area contributed by atoms with Crippen molar-refractivity contribution in [1.82, 2.24) is 0 Å². The molecule has 0 heterocycles. The van der Waals surface area contributed by atoms with Crippen LogP contribution >= 0.6 is 0 Å². The van der Waals surface area contributed by atoms with Crippen LogP contribution in [0.4, 0.5) is 0 Å². The molecule has 0 saturated heterocycles. The number of carboxylic acids is 2. The van der Waals surface area contributed by atoms with Crippen molar-refractivity contribution < 1.29 is 46.8 Å². The number of phenolic OH excluding ortho intramolecular Hbond substituents is 2. The van der Waals surface area contributed by atoms with E-state index < -0.39 is 24.0 Å². The minimum absolute atomic E-state index is 0. The predicted octanol–water partition coefficient (Wildman–Crippen LogP) is 0.208. The SMILES string of the molecule is [Co+2].[NH-]C(Cc1ccc(O)cc1)C(=O)[O-].[NH-]C(Cc1ccc(O)cc1)C(=O)[O-]. The largest absolute Gasteiger partial charge is 2.00 e. The Kier molecular flexibility index (Phi) is 10.8. The van der Waals surface area contributed by atoms with Crippen LogP contribution < -0.4 is 10.2 Å². The van der Waals surface area contributed by atoms with Gasteiger partial charge in [-0.3, -0.25) is 0 Å². The Bertz CT molecular complexity index is 658. The fraction of sp³-hybridized carbons (Fsp3) is 0.222. The van der Waals surface area contributed by atoms with Crippen molar-refractivity contribution in [1.29, 1.82) is 0 Å². The molecule has 8 nitrogen and oxygen atoms in total. The fourth-order valence-corrected chi connectivity index (χ4v) is 1.90. The van der Waals surface area contributed by atoms with Gasteiger partial charge >= 0.3 is 16.8 Å². The minimum Gasteiger partial charge on any atom is -0.670 e. The van der Waals surface area contributed by atoms with Crippen LogP contribution in [0.3, 0.4) is 0 Å². The third-order valence-electron chi connectivity index (χ3n) is 3.32. The van der Waals surface area contributed by atoms with E-state index in [-0.39, 0.29) is 41.1 Å². The van der Waals surface area contributed by atoms with Gasteiger partial charge in [-0.15, -0.1) is 0 Å². The molecule has 2 unspecified atom stereocenters. The van der Waals surface area contributed by atoms with Crippen LogP contribution in [0.25, 0.3) is 11.5 Å². The second-order valence-corrected chi connectivity index (χ2v) is 5.48. The van der Waals surface area contributed by atoms with Gasteiger partial charge < -0.3 is 41.5 Å². The zero-order valence-corrected chi connectivity index (χ0v) is 15.1. The number of carboxylic acid groups (broad SMARTS) is 2. The Morgan fingerprint density at radius 1 is 0.741 bits per heavy atom. The molecule has 2 aromatic carbocycles. The zero-order valence-electron chi connectivity index (χ0n) is 14.0. The van der Waals surface area contributed by atoms with E-state index in [9.17, 15) is 19.8 Å². The standard InChI is InChI=1S/2C9H10NO3.Co/c2*10-8(9(12)13)5-6-1-3-7(11)4-2-6;/h2*1-4,8,10-11H,5H2,(H,12,13);/q2*-1;+2/p-2. The van der Waals surface area contributed by atoms with Gasteiger partial charge in [-0.2, -0.15) is 0 Å². The first-order valence-electron chi connectivity index (χ1n) is 7.58. The third kappa shape index (κ3) is 9.61. The van der Waals surface area contributed by atoms with Crippen LogP contribution in [0.15, 0.2) is 48.5 Å². The van der Waals surface area contributed by atoms with Gasteiger partial charge in [0.2, 0.25) is 0 Å². The Hall–Kier alpha value is -2.59. The molecule has 0 saturated carbocycles. The first kappa shape index (κ1) is 24.4. The van der Waals surface area contributed by atoms with E-state index in [0.717, 1.165) is 0 Å². The molecule has 0 fully saturated rings. The van der Waals surface area contributed by atoms with E-state index in [1.165, 1.54) is 24.3 Å². The summed E-state index contributed by atoms with van der Waals surface area (Å²) in [6.45, 7) is 0. The number of benzene rings is 2. The molecule has 27 heavy (non-hydrogen) atoms. The molecule has 147 valence electrons. The molecule has 0 aliphatic heterocycles. The number of carbonyl (C=O) groups excluding carboxylic acids is 2. The molecule has 0 aliphatic rings. The van der Waals surface area contributed by atoms with Crippen LogP contribution in [0.1, 0.15) is 11.1 Å². The van der Waals surface area contributed by atoms with Gasteiger partial charge in [0.25, 0.3) is 0 Å². The normalized spacial score (nSPS) is 11.9. The second kappa shape index (κ2) is 11.9. The molecular weight excluding hydrogens is 399 g/mol. The number of hydrogen-bond donors (Lipinski definition) is 2. The molecule has 1 radical (unpaired) electrons. The molecule has 9 heteroatoms. The van der Waals surface area contributed by atoms with Crippen molar-refractivity contribution >= 4 is 11.9 Å². The van der Waals surface area contributed by atoms with Gasteiger partial charge in [0.1, 0.15) is 11.5 Å². The smallest absolute Gasteiger partial charge is 0.670 e. The summed E-state index contributed by atoms with van der Waals surface area (Å²) in [6.07, 6.45) is 0.200. The summed E-state index contributed by atoms with van der Waals surface area (Å²) in [4.78, 5) is 20.4. The molecule has 4 N–H and O–H groups in total. The molecule has 0 bridgehead atoms. The predicted molar refractivity (Wildman–Crippen MR) is 89.9 cm³/mol. The van der Waals surface area contributed by atoms with Gasteiger partial charge in [0.05, 0.1) is 0 Å². The van der Waals surface area contributed by atoms with Crippen molar-refractivity contribution in [2.75, 3.05) is 0 Å². The average Bonchev–Trinajstić information content (AvgIpc) is 2.59. The molecular formula is C18H18CoN2O6-2. The molecule has 2 rings (SSSR count). The Morgan fingerprint density at radius 2 is 1.00 bits per heavy atom. The summed E-state index contributed by atoms with van der Waals surface area (Å²) in [5, 5.41) is 38.3. The van der Waals surface area contributed by atoms with Crippen LogP contribution in [0, 0.1) is 0 Å². The summed E-state index contributed by atoms with van der Waals surface area (Å²) < 4.78 is 0. The molecule has 0 amide bonds. The van der Waals surface area contributed by atoms with E-state index in [2.05, 4.69) is 0 Å². The average molecular weight is 417 g/mol. The van der Waals surface area contributed by atoms with Crippen LogP contribution in [-0.4, -0.2) is 34.2 Å². The van der Waals surface area contributed by atoms with Crippen LogP contribution in [0.5, 0.6) is 11.5 Å². The Balaban J connectivity index is 0.000000483. The summed E-state index contributed by atoms with van der Waals surface area (Å²) in [5.74, 6) is -2.52. The van der Waals surface area contributed by atoms with Crippen LogP contribution in [-0.2, 0) is 39.2 Å². The fourth-order valence-electron chi connectivity index (χ4n) is 1.90. The van der Waals surface area contributed by atoms with E-state index in [4.69, 9.17) is 21.7 Å². The van der Waals surface area contributed by atoms with E-state index >= 15 is 0 Å². The van der Waals surface area contributed by atoms with E-state index in [1.807, 2.05) is 0 Å². The number of rotatable bonds is 6. The van der Waals surface area contributed by atoms with Crippen molar-refractivity contribution in [2.45, 2.75) is 24.9 Å². The van der Waals surface area contributed by atoms with Gasteiger partial charge in [-0.25, -0.2) is 0 Å². The number of carbonyl (C=O) groups is 2. The second-order valence-electron chi connectivity index (χ2n) is 5.48. The summed E-state index contributed by atoms with van der Waals surface area (Å²) in [7, 11) is 0. The number of aromatic hydroxyl groups is 2. The number of phenols is 2. The summed E-state index contributed by atoms with van der Waals surface area (Å²) in [5.41, 5.74) is 15.6. The molecule has 0 spiro atoms. The molecule has 0 aliphatic carbocycles. The molecule has 2 aromatic rings. The van der Waals surface area contributed by atoms with Crippen molar-refractivity contribution in [3.05, 3.63) is 71.1 Å². The first-order chi connectivity index (χ1) is 12.2. The van der Waals surface area contributed by atoms with Crippen molar-refractivity contribution in [2.24, 2.45) is 0 Å². The summed E-state index contributed by atoms with van der Waals surface area (Å²) in [6, 6.07) is 9.66. The van der Waals surface area contributed by atoms with Gasteiger partial charge in [-0.05, 0) is 48.2 Å².